The van der Waals surface area contributed by atoms with Crippen molar-refractivity contribution < 1.29 is 13.9 Å². The second-order valence-corrected chi connectivity index (χ2v) is 5.52. The number of carbonyl (C=O) groups is 1. The fraction of sp³-hybridized carbons (Fsp3) is 0.235. The minimum atomic E-state index is -0.457. The average Bonchev–Trinajstić information content (AvgIpc) is 2.55. The van der Waals surface area contributed by atoms with Crippen molar-refractivity contribution in [1.82, 2.24) is 4.90 Å². The van der Waals surface area contributed by atoms with E-state index in [1.807, 2.05) is 0 Å². The maximum Gasteiger partial charge on any atom is 0.255 e. The fourth-order valence-corrected chi connectivity index (χ4v) is 2.78. The van der Waals surface area contributed by atoms with Gasteiger partial charge in [-0.1, -0.05) is 41.9 Å². The number of halogens is 2. The normalized spacial score (nSPS) is 18.3. The Kier molecular flexibility index (Phi) is 4.41. The minimum absolute atomic E-state index is 0.157. The smallest absolute Gasteiger partial charge is 0.255 e. The summed E-state index contributed by atoms with van der Waals surface area (Å²) in [5, 5.41) is 0.418. The van der Waals surface area contributed by atoms with Gasteiger partial charge in [0.2, 0.25) is 0 Å². The molecule has 1 atom stereocenters. The molecule has 114 valence electrons. The highest BCUT2D eigenvalue weighted by atomic mass is 35.5. The number of ether oxygens (including phenoxy) is 1. The number of nitrogens with zero attached hydrogens (tertiary/aromatic N) is 1. The van der Waals surface area contributed by atoms with Gasteiger partial charge in [0.05, 0.1) is 23.7 Å². The predicted octanol–water partition coefficient (Wildman–Crippen LogP) is 3.69. The fourth-order valence-electron chi connectivity index (χ4n) is 2.56. The molecule has 2 aromatic carbocycles. The third-order valence-electron chi connectivity index (χ3n) is 3.71. The molecule has 3 rings (SSSR count). The zero-order chi connectivity index (χ0) is 15.5. The third-order valence-corrected chi connectivity index (χ3v) is 4.04. The van der Waals surface area contributed by atoms with Crippen LogP contribution in [0.4, 0.5) is 4.39 Å². The molecule has 2 aromatic rings. The van der Waals surface area contributed by atoms with Crippen LogP contribution in [0, 0.1) is 5.82 Å². The van der Waals surface area contributed by atoms with Crippen LogP contribution in [0.3, 0.4) is 0 Å². The molecule has 1 saturated heterocycles. The van der Waals surface area contributed by atoms with E-state index in [1.54, 1.807) is 47.4 Å². The molecule has 3 nitrogen and oxygen atoms in total. The zero-order valence-electron chi connectivity index (χ0n) is 11.8. The van der Waals surface area contributed by atoms with Crippen LogP contribution in [0.5, 0.6) is 0 Å². The van der Waals surface area contributed by atoms with Gasteiger partial charge >= 0.3 is 0 Å². The largest absolute Gasteiger partial charge is 0.370 e. The first-order valence-corrected chi connectivity index (χ1v) is 7.44. The summed E-state index contributed by atoms with van der Waals surface area (Å²) in [6.07, 6.45) is -0.457. The van der Waals surface area contributed by atoms with E-state index in [9.17, 15) is 9.18 Å². The van der Waals surface area contributed by atoms with Crippen molar-refractivity contribution in [3.8, 4) is 0 Å². The maximum absolute atomic E-state index is 13.9. The summed E-state index contributed by atoms with van der Waals surface area (Å²) < 4.78 is 19.5. The van der Waals surface area contributed by atoms with E-state index in [0.29, 0.717) is 35.8 Å². The summed E-state index contributed by atoms with van der Waals surface area (Å²) in [5.74, 6) is -0.477. The number of hydrogen-bond acceptors (Lipinski definition) is 2. The number of rotatable bonds is 2. The van der Waals surface area contributed by atoms with Gasteiger partial charge in [-0.25, -0.2) is 4.39 Å². The molecule has 1 amide bonds. The van der Waals surface area contributed by atoms with Gasteiger partial charge in [0.1, 0.15) is 11.9 Å². The Balaban J connectivity index is 1.80. The molecule has 1 aliphatic heterocycles. The predicted molar refractivity (Wildman–Crippen MR) is 82.4 cm³/mol. The van der Waals surface area contributed by atoms with Crippen molar-refractivity contribution >= 4 is 17.5 Å². The first-order chi connectivity index (χ1) is 10.7. The van der Waals surface area contributed by atoms with Gasteiger partial charge in [0.25, 0.3) is 5.91 Å². The standard InChI is InChI=1S/C17H15ClFNO2/c18-14-7-3-1-5-12(14)17(21)20-9-10-22-16(11-20)13-6-2-4-8-15(13)19/h1-8,16H,9-11H2. The molecule has 22 heavy (non-hydrogen) atoms. The lowest BCUT2D eigenvalue weighted by atomic mass is 10.1. The molecular weight excluding hydrogens is 305 g/mol. The lowest BCUT2D eigenvalue weighted by molar-refractivity contribution is -0.0243. The van der Waals surface area contributed by atoms with Crippen LogP contribution < -0.4 is 0 Å². The maximum atomic E-state index is 13.9. The second kappa shape index (κ2) is 6.46. The van der Waals surface area contributed by atoms with Crippen LogP contribution in [0.15, 0.2) is 48.5 Å². The Morgan fingerprint density at radius 3 is 2.68 bits per heavy atom. The van der Waals surface area contributed by atoms with Gasteiger partial charge in [0.15, 0.2) is 0 Å². The molecule has 0 aliphatic carbocycles. The number of morpholine rings is 1. The van der Waals surface area contributed by atoms with Crippen molar-refractivity contribution in [3.63, 3.8) is 0 Å². The summed E-state index contributed by atoms with van der Waals surface area (Å²) >= 11 is 6.08. The third kappa shape index (κ3) is 2.98. The van der Waals surface area contributed by atoms with Crippen LogP contribution >= 0.6 is 11.6 Å². The summed E-state index contributed by atoms with van der Waals surface area (Å²) in [7, 11) is 0. The highest BCUT2D eigenvalue weighted by molar-refractivity contribution is 6.33. The van der Waals surface area contributed by atoms with Gasteiger partial charge in [-0.05, 0) is 18.2 Å². The lowest BCUT2D eigenvalue weighted by Crippen LogP contribution is -2.42. The van der Waals surface area contributed by atoms with Crippen molar-refractivity contribution in [2.24, 2.45) is 0 Å². The number of carbonyl (C=O) groups excluding carboxylic acids is 1. The molecule has 1 aliphatic rings. The van der Waals surface area contributed by atoms with Gasteiger partial charge in [-0.15, -0.1) is 0 Å². The molecule has 1 unspecified atom stereocenters. The molecule has 0 spiro atoms. The molecule has 0 bridgehead atoms. The Labute approximate surface area is 133 Å². The second-order valence-electron chi connectivity index (χ2n) is 5.11. The molecular formula is C17H15ClFNO2. The van der Waals surface area contributed by atoms with Crippen LogP contribution in [-0.2, 0) is 4.74 Å². The van der Waals surface area contributed by atoms with Crippen LogP contribution in [0.25, 0.3) is 0 Å². The molecule has 0 radical (unpaired) electrons. The molecule has 1 fully saturated rings. The van der Waals surface area contributed by atoms with E-state index in [4.69, 9.17) is 16.3 Å². The van der Waals surface area contributed by atoms with E-state index < -0.39 is 6.10 Å². The quantitative estimate of drug-likeness (QED) is 0.845. The first-order valence-electron chi connectivity index (χ1n) is 7.06. The Bertz CT molecular complexity index is 692. The Morgan fingerprint density at radius 2 is 1.91 bits per heavy atom. The molecule has 1 heterocycles. The van der Waals surface area contributed by atoms with Crippen molar-refractivity contribution in [3.05, 3.63) is 70.5 Å². The van der Waals surface area contributed by atoms with Gasteiger partial charge in [0, 0.05) is 12.1 Å². The Hall–Kier alpha value is -1.91. The van der Waals surface area contributed by atoms with E-state index in [2.05, 4.69) is 0 Å². The molecule has 5 heteroatoms. The van der Waals surface area contributed by atoms with Gasteiger partial charge < -0.3 is 9.64 Å². The summed E-state index contributed by atoms with van der Waals surface area (Å²) in [5.41, 5.74) is 0.928. The average molecular weight is 320 g/mol. The topological polar surface area (TPSA) is 29.5 Å². The van der Waals surface area contributed by atoms with Gasteiger partial charge in [-0.2, -0.15) is 0 Å². The first kappa shape index (κ1) is 15.0. The summed E-state index contributed by atoms with van der Waals surface area (Å²) in [6, 6.07) is 13.4. The zero-order valence-corrected chi connectivity index (χ0v) is 12.6. The SMILES string of the molecule is O=C(c1ccccc1Cl)N1CCOC(c2ccccc2F)C1. The van der Waals surface area contributed by atoms with Crippen LogP contribution in [-0.4, -0.2) is 30.5 Å². The van der Waals surface area contributed by atoms with E-state index in [-0.39, 0.29) is 11.7 Å². The number of amides is 1. The summed E-state index contributed by atoms with van der Waals surface area (Å²) in [6.45, 7) is 1.15. The van der Waals surface area contributed by atoms with Crippen molar-refractivity contribution in [2.45, 2.75) is 6.10 Å². The number of benzene rings is 2. The molecule has 0 N–H and O–H groups in total. The van der Waals surface area contributed by atoms with Gasteiger partial charge in [-0.3, -0.25) is 4.79 Å². The molecule has 0 aromatic heterocycles. The highest BCUT2D eigenvalue weighted by Gasteiger charge is 2.28. The lowest BCUT2D eigenvalue weighted by Gasteiger charge is -2.33. The van der Waals surface area contributed by atoms with Crippen LogP contribution in [0.1, 0.15) is 22.0 Å². The Morgan fingerprint density at radius 1 is 1.18 bits per heavy atom. The molecule has 0 saturated carbocycles. The highest BCUT2D eigenvalue weighted by Crippen LogP contribution is 2.26. The van der Waals surface area contributed by atoms with E-state index in [1.165, 1.54) is 6.07 Å². The van der Waals surface area contributed by atoms with E-state index >= 15 is 0 Å². The van der Waals surface area contributed by atoms with Crippen molar-refractivity contribution in [1.29, 1.82) is 0 Å². The van der Waals surface area contributed by atoms with Crippen molar-refractivity contribution in [2.75, 3.05) is 19.7 Å². The van der Waals surface area contributed by atoms with Crippen LogP contribution in [0.2, 0.25) is 5.02 Å². The monoisotopic (exact) mass is 319 g/mol. The number of hydrogen-bond donors (Lipinski definition) is 0. The van der Waals surface area contributed by atoms with E-state index in [0.717, 1.165) is 0 Å². The minimum Gasteiger partial charge on any atom is -0.370 e. The summed E-state index contributed by atoms with van der Waals surface area (Å²) in [4.78, 5) is 14.2.